The van der Waals surface area contributed by atoms with Crippen LogP contribution in [0.4, 0.5) is 0 Å². The summed E-state index contributed by atoms with van der Waals surface area (Å²) in [7, 11) is 0. The van der Waals surface area contributed by atoms with Crippen LogP contribution in [0.2, 0.25) is 0 Å². The van der Waals surface area contributed by atoms with Gasteiger partial charge in [-0.25, -0.2) is 0 Å². The Hall–Kier alpha value is -1.50. The zero-order valence-electron chi connectivity index (χ0n) is 10.00. The number of hydrogen-bond acceptors (Lipinski definition) is 1. The van der Waals surface area contributed by atoms with Crippen molar-refractivity contribution in [1.82, 2.24) is 4.90 Å². The van der Waals surface area contributed by atoms with Gasteiger partial charge < -0.3 is 4.90 Å². The zero-order valence-corrected chi connectivity index (χ0v) is 10.00. The summed E-state index contributed by atoms with van der Waals surface area (Å²) in [6, 6.07) is 6.85. The molecule has 0 radical (unpaired) electrons. The van der Waals surface area contributed by atoms with Crippen LogP contribution in [0.1, 0.15) is 23.6 Å². The van der Waals surface area contributed by atoms with Crippen molar-refractivity contribution in [1.29, 1.82) is 0 Å². The smallest absolute Gasteiger partial charge is 0.0432 e. The minimum atomic E-state index is 0.976. The van der Waals surface area contributed by atoms with Crippen LogP contribution >= 0.6 is 0 Å². The Balaban J connectivity index is 2.21. The first kappa shape index (κ1) is 11.0. The van der Waals surface area contributed by atoms with E-state index < -0.39 is 0 Å². The second-order valence-corrected chi connectivity index (χ2v) is 4.32. The van der Waals surface area contributed by atoms with Gasteiger partial charge in [0.1, 0.15) is 0 Å². The highest BCUT2D eigenvalue weighted by molar-refractivity contribution is 5.35. The summed E-state index contributed by atoms with van der Waals surface area (Å²) in [5.41, 5.74) is 5.42. The molecule has 1 aliphatic rings. The van der Waals surface area contributed by atoms with E-state index in [4.69, 9.17) is 0 Å². The maximum atomic E-state index is 4.01. The van der Waals surface area contributed by atoms with Crippen LogP contribution in [0.25, 0.3) is 0 Å². The highest BCUT2D eigenvalue weighted by Gasteiger charge is 2.15. The number of aryl methyl sites for hydroxylation is 1. The van der Waals surface area contributed by atoms with Crippen molar-refractivity contribution >= 4 is 0 Å². The molecule has 0 bridgehead atoms. The minimum absolute atomic E-state index is 0.976. The topological polar surface area (TPSA) is 3.24 Å². The summed E-state index contributed by atoms with van der Waals surface area (Å²) in [5.74, 6) is 0. The highest BCUT2D eigenvalue weighted by atomic mass is 15.1. The van der Waals surface area contributed by atoms with Crippen molar-refractivity contribution in [2.45, 2.75) is 26.3 Å². The van der Waals surface area contributed by atoms with Crippen LogP contribution < -0.4 is 0 Å². The summed E-state index contributed by atoms with van der Waals surface area (Å²) >= 11 is 0. The third kappa shape index (κ3) is 2.04. The van der Waals surface area contributed by atoms with Gasteiger partial charge in [0.2, 0.25) is 0 Å². The van der Waals surface area contributed by atoms with E-state index in [1.807, 2.05) is 6.08 Å². The Labute approximate surface area is 98.1 Å². The predicted molar refractivity (Wildman–Crippen MR) is 69.3 cm³/mol. The molecule has 0 fully saturated rings. The van der Waals surface area contributed by atoms with E-state index in [2.05, 4.69) is 43.2 Å². The number of rotatable bonds is 3. The van der Waals surface area contributed by atoms with Crippen molar-refractivity contribution in [2.75, 3.05) is 6.54 Å². The fourth-order valence-corrected chi connectivity index (χ4v) is 2.20. The maximum Gasteiger partial charge on any atom is 0.0432 e. The Morgan fingerprint density at radius 1 is 1.44 bits per heavy atom. The number of fused-ring (bicyclic) bond motifs is 1. The quantitative estimate of drug-likeness (QED) is 0.696. The van der Waals surface area contributed by atoms with Crippen molar-refractivity contribution in [3.63, 3.8) is 0 Å². The fourth-order valence-electron chi connectivity index (χ4n) is 2.20. The van der Waals surface area contributed by atoms with E-state index in [0.29, 0.717) is 0 Å². The van der Waals surface area contributed by atoms with Gasteiger partial charge in [-0.1, -0.05) is 38.3 Å². The van der Waals surface area contributed by atoms with Crippen LogP contribution in [-0.4, -0.2) is 11.4 Å². The van der Waals surface area contributed by atoms with Gasteiger partial charge in [0.05, 0.1) is 0 Å². The minimum Gasteiger partial charge on any atom is -0.367 e. The molecule has 1 nitrogen and oxygen atoms in total. The molecule has 0 saturated heterocycles. The molecule has 1 heterocycles. The van der Waals surface area contributed by atoms with E-state index in [9.17, 15) is 0 Å². The summed E-state index contributed by atoms with van der Waals surface area (Å²) < 4.78 is 0. The zero-order chi connectivity index (χ0) is 11.5. The van der Waals surface area contributed by atoms with E-state index in [1.165, 1.54) is 16.7 Å². The largest absolute Gasteiger partial charge is 0.367 e. The molecule has 1 aromatic rings. The lowest BCUT2D eigenvalue weighted by atomic mass is 9.96. The van der Waals surface area contributed by atoms with Gasteiger partial charge in [0.25, 0.3) is 0 Å². The first-order valence-corrected chi connectivity index (χ1v) is 5.91. The van der Waals surface area contributed by atoms with Crippen LogP contribution in [0, 0.1) is 0 Å². The number of allylic oxidation sites excluding steroid dienone is 1. The lowest BCUT2D eigenvalue weighted by molar-refractivity contribution is 0.333. The molecule has 1 heteroatoms. The van der Waals surface area contributed by atoms with Crippen LogP contribution in [-0.2, 0) is 19.4 Å². The summed E-state index contributed by atoms with van der Waals surface area (Å²) in [6.45, 7) is 12.0. The van der Waals surface area contributed by atoms with Gasteiger partial charge in [0, 0.05) is 18.8 Å². The summed E-state index contributed by atoms with van der Waals surface area (Å²) in [5, 5.41) is 0. The standard InChI is InChI=1S/C15H19N/c1-4-12(3)16-9-8-14-10-13(5-2)6-7-15(14)11-16/h4,6-7,10H,1,3,5,8-9,11H2,2H3. The third-order valence-corrected chi connectivity index (χ3v) is 3.33. The SMILES string of the molecule is C=CC(=C)N1CCc2cc(CC)ccc2C1. The molecular weight excluding hydrogens is 194 g/mol. The summed E-state index contributed by atoms with van der Waals surface area (Å²) in [4.78, 5) is 2.29. The van der Waals surface area contributed by atoms with Crippen molar-refractivity contribution in [2.24, 2.45) is 0 Å². The molecule has 0 unspecified atom stereocenters. The average molecular weight is 213 g/mol. The average Bonchev–Trinajstić information content (AvgIpc) is 2.36. The van der Waals surface area contributed by atoms with E-state index in [-0.39, 0.29) is 0 Å². The molecule has 0 N–H and O–H groups in total. The van der Waals surface area contributed by atoms with E-state index in [0.717, 1.165) is 31.6 Å². The highest BCUT2D eigenvalue weighted by Crippen LogP contribution is 2.22. The Morgan fingerprint density at radius 3 is 2.94 bits per heavy atom. The number of benzene rings is 1. The van der Waals surface area contributed by atoms with Gasteiger partial charge in [-0.15, -0.1) is 0 Å². The second-order valence-electron chi connectivity index (χ2n) is 4.32. The van der Waals surface area contributed by atoms with Gasteiger partial charge in [-0.05, 0) is 35.6 Å². The van der Waals surface area contributed by atoms with Gasteiger partial charge in [-0.3, -0.25) is 0 Å². The molecule has 84 valence electrons. The molecule has 0 spiro atoms. The lowest BCUT2D eigenvalue weighted by Gasteiger charge is -2.31. The Bertz CT molecular complexity index is 417. The van der Waals surface area contributed by atoms with Gasteiger partial charge >= 0.3 is 0 Å². The molecule has 16 heavy (non-hydrogen) atoms. The van der Waals surface area contributed by atoms with Gasteiger partial charge in [0.15, 0.2) is 0 Å². The van der Waals surface area contributed by atoms with Crippen molar-refractivity contribution in [3.05, 3.63) is 59.8 Å². The second kappa shape index (κ2) is 4.56. The Kier molecular flexibility index (Phi) is 3.14. The van der Waals surface area contributed by atoms with Crippen LogP contribution in [0.15, 0.2) is 43.1 Å². The Morgan fingerprint density at radius 2 is 2.25 bits per heavy atom. The predicted octanol–water partition coefficient (Wildman–Crippen LogP) is 3.31. The van der Waals surface area contributed by atoms with Gasteiger partial charge in [-0.2, -0.15) is 0 Å². The van der Waals surface area contributed by atoms with E-state index in [1.54, 1.807) is 0 Å². The first-order valence-electron chi connectivity index (χ1n) is 5.91. The normalized spacial score (nSPS) is 14.4. The van der Waals surface area contributed by atoms with Crippen LogP contribution in [0.3, 0.4) is 0 Å². The van der Waals surface area contributed by atoms with E-state index >= 15 is 0 Å². The molecule has 2 rings (SSSR count). The number of nitrogens with zero attached hydrogens (tertiary/aromatic N) is 1. The molecule has 1 aromatic carbocycles. The molecule has 0 atom stereocenters. The first-order chi connectivity index (χ1) is 7.74. The lowest BCUT2D eigenvalue weighted by Crippen LogP contribution is -2.28. The number of hydrogen-bond donors (Lipinski definition) is 0. The fraction of sp³-hybridized carbons (Fsp3) is 0.333. The monoisotopic (exact) mass is 213 g/mol. The maximum absolute atomic E-state index is 4.01. The van der Waals surface area contributed by atoms with Crippen molar-refractivity contribution < 1.29 is 0 Å². The molecule has 0 aromatic heterocycles. The molecule has 0 amide bonds. The molecule has 0 saturated carbocycles. The summed E-state index contributed by atoms with van der Waals surface area (Å²) in [6.07, 6.45) is 4.08. The molecule has 0 aliphatic carbocycles. The molecule has 1 aliphatic heterocycles. The van der Waals surface area contributed by atoms with Crippen molar-refractivity contribution in [3.8, 4) is 0 Å². The van der Waals surface area contributed by atoms with Crippen LogP contribution in [0.5, 0.6) is 0 Å². The molecular formula is C15H19N. The third-order valence-electron chi connectivity index (χ3n) is 3.33.